The fourth-order valence-electron chi connectivity index (χ4n) is 2.31. The maximum atomic E-state index is 4.27. The van der Waals surface area contributed by atoms with Gasteiger partial charge in [0.25, 0.3) is 0 Å². The van der Waals surface area contributed by atoms with Crippen LogP contribution >= 0.6 is 24.0 Å². The normalized spacial score (nSPS) is 11.2. The first-order valence-corrected chi connectivity index (χ1v) is 7.92. The fourth-order valence-corrected chi connectivity index (χ4v) is 2.31. The van der Waals surface area contributed by atoms with Gasteiger partial charge in [0.2, 0.25) is 0 Å². The number of likely N-dealkylation sites (N-methyl/N-ethyl adjacent to an activating group) is 1. The predicted octanol–water partition coefficient (Wildman–Crippen LogP) is 3.01. The first kappa shape index (κ1) is 21.2. The van der Waals surface area contributed by atoms with Crippen molar-refractivity contribution in [2.24, 2.45) is 4.99 Å². The Bertz CT molecular complexity index is 434. The number of hydrogen-bond acceptors (Lipinski definition) is 2. The highest BCUT2D eigenvalue weighted by molar-refractivity contribution is 14.0. The van der Waals surface area contributed by atoms with E-state index in [0.29, 0.717) is 0 Å². The summed E-state index contributed by atoms with van der Waals surface area (Å²) in [6.45, 7) is 11.6. The number of guanidine groups is 1. The zero-order valence-corrected chi connectivity index (χ0v) is 16.7. The molecule has 0 saturated carbocycles. The molecule has 126 valence electrons. The lowest BCUT2D eigenvalue weighted by Crippen LogP contribution is -2.41. The highest BCUT2D eigenvalue weighted by Gasteiger charge is 2.02. The number of benzene rings is 1. The van der Waals surface area contributed by atoms with E-state index in [1.54, 1.807) is 0 Å². The molecule has 22 heavy (non-hydrogen) atoms. The molecule has 1 aromatic rings. The van der Waals surface area contributed by atoms with E-state index in [9.17, 15) is 0 Å². The second-order valence-electron chi connectivity index (χ2n) is 5.28. The van der Waals surface area contributed by atoms with Crippen LogP contribution in [0.15, 0.2) is 29.3 Å². The summed E-state index contributed by atoms with van der Waals surface area (Å²) in [6, 6.07) is 8.53. The van der Waals surface area contributed by atoms with E-state index in [1.165, 1.54) is 17.5 Å². The van der Waals surface area contributed by atoms with E-state index >= 15 is 0 Å². The van der Waals surface area contributed by atoms with Crippen LogP contribution in [-0.2, 0) is 6.54 Å². The molecule has 5 heteroatoms. The summed E-state index contributed by atoms with van der Waals surface area (Å²) >= 11 is 0. The highest BCUT2D eigenvalue weighted by Crippen LogP contribution is 2.02. The topological polar surface area (TPSA) is 39.7 Å². The molecule has 1 rings (SSSR count). The maximum absolute atomic E-state index is 4.27. The van der Waals surface area contributed by atoms with Gasteiger partial charge in [-0.25, -0.2) is 0 Å². The van der Waals surface area contributed by atoms with Crippen LogP contribution in [0.3, 0.4) is 0 Å². The Balaban J connectivity index is 0.00000441. The molecule has 0 aromatic heterocycles. The largest absolute Gasteiger partial charge is 0.355 e. The Hall–Kier alpha value is -0.820. The summed E-state index contributed by atoms with van der Waals surface area (Å²) in [5.41, 5.74) is 2.56. The summed E-state index contributed by atoms with van der Waals surface area (Å²) in [6.07, 6.45) is 1.20. The van der Waals surface area contributed by atoms with Gasteiger partial charge in [0.05, 0.1) is 0 Å². The van der Waals surface area contributed by atoms with Crippen molar-refractivity contribution in [1.29, 1.82) is 0 Å². The Morgan fingerprint density at radius 1 is 1.18 bits per heavy atom. The third kappa shape index (κ3) is 8.58. The van der Waals surface area contributed by atoms with Gasteiger partial charge in [0, 0.05) is 26.7 Å². The zero-order chi connectivity index (χ0) is 15.5. The van der Waals surface area contributed by atoms with Gasteiger partial charge in [-0.05, 0) is 32.0 Å². The number of aliphatic imine (C=N–C) groups is 1. The first-order chi connectivity index (χ1) is 10.2. The van der Waals surface area contributed by atoms with Crippen LogP contribution in [0.4, 0.5) is 0 Å². The molecule has 0 fully saturated rings. The van der Waals surface area contributed by atoms with Crippen molar-refractivity contribution in [3.8, 4) is 0 Å². The minimum atomic E-state index is 0. The van der Waals surface area contributed by atoms with Crippen LogP contribution in [0.5, 0.6) is 0 Å². The second kappa shape index (κ2) is 12.7. The summed E-state index contributed by atoms with van der Waals surface area (Å²) < 4.78 is 0. The average molecular weight is 418 g/mol. The predicted molar refractivity (Wildman–Crippen MR) is 107 cm³/mol. The van der Waals surface area contributed by atoms with Gasteiger partial charge >= 0.3 is 0 Å². The molecule has 4 nitrogen and oxygen atoms in total. The van der Waals surface area contributed by atoms with Crippen molar-refractivity contribution in [2.45, 2.75) is 33.7 Å². The van der Waals surface area contributed by atoms with Crippen molar-refractivity contribution >= 4 is 29.9 Å². The Morgan fingerprint density at radius 3 is 2.55 bits per heavy atom. The minimum Gasteiger partial charge on any atom is -0.355 e. The SMILES string of the molecule is CCCN(CC)CCNC(=NC)NCc1cccc(C)c1.I. The Kier molecular flexibility index (Phi) is 12.2. The molecule has 0 heterocycles. The number of nitrogens with zero attached hydrogens (tertiary/aromatic N) is 2. The van der Waals surface area contributed by atoms with Gasteiger partial charge in [-0.2, -0.15) is 0 Å². The van der Waals surface area contributed by atoms with Gasteiger partial charge in [-0.3, -0.25) is 4.99 Å². The number of aryl methyl sites for hydroxylation is 1. The van der Waals surface area contributed by atoms with Crippen LogP contribution in [-0.4, -0.2) is 44.1 Å². The van der Waals surface area contributed by atoms with Crippen molar-refractivity contribution in [3.63, 3.8) is 0 Å². The quantitative estimate of drug-likeness (QED) is 0.388. The van der Waals surface area contributed by atoms with E-state index in [-0.39, 0.29) is 24.0 Å². The third-order valence-electron chi connectivity index (χ3n) is 3.47. The fraction of sp³-hybridized carbons (Fsp3) is 0.588. The van der Waals surface area contributed by atoms with E-state index in [0.717, 1.165) is 38.7 Å². The molecule has 0 radical (unpaired) electrons. The van der Waals surface area contributed by atoms with Crippen LogP contribution in [0, 0.1) is 6.92 Å². The highest BCUT2D eigenvalue weighted by atomic mass is 127. The van der Waals surface area contributed by atoms with Gasteiger partial charge in [0.15, 0.2) is 5.96 Å². The molecule has 0 aliphatic rings. The molecule has 0 amide bonds. The van der Waals surface area contributed by atoms with E-state index < -0.39 is 0 Å². The van der Waals surface area contributed by atoms with E-state index in [4.69, 9.17) is 0 Å². The average Bonchev–Trinajstić information content (AvgIpc) is 2.49. The molecule has 0 aliphatic heterocycles. The van der Waals surface area contributed by atoms with Gasteiger partial charge in [-0.1, -0.05) is 43.7 Å². The molecule has 0 bridgehead atoms. The second-order valence-corrected chi connectivity index (χ2v) is 5.28. The molecule has 0 saturated heterocycles. The number of halogens is 1. The van der Waals surface area contributed by atoms with Crippen molar-refractivity contribution < 1.29 is 0 Å². The van der Waals surface area contributed by atoms with E-state index in [1.807, 2.05) is 7.05 Å². The monoisotopic (exact) mass is 418 g/mol. The van der Waals surface area contributed by atoms with Gasteiger partial charge < -0.3 is 15.5 Å². The Labute approximate surface area is 152 Å². The summed E-state index contributed by atoms with van der Waals surface area (Å²) in [7, 11) is 1.81. The minimum absolute atomic E-state index is 0. The zero-order valence-electron chi connectivity index (χ0n) is 14.4. The lowest BCUT2D eigenvalue weighted by Gasteiger charge is -2.20. The molecule has 0 atom stereocenters. The lowest BCUT2D eigenvalue weighted by atomic mass is 10.1. The van der Waals surface area contributed by atoms with Crippen LogP contribution < -0.4 is 10.6 Å². The molecule has 0 spiro atoms. The molecule has 2 N–H and O–H groups in total. The van der Waals surface area contributed by atoms with Crippen LogP contribution in [0.2, 0.25) is 0 Å². The van der Waals surface area contributed by atoms with Crippen LogP contribution in [0.1, 0.15) is 31.4 Å². The lowest BCUT2D eigenvalue weighted by molar-refractivity contribution is 0.293. The van der Waals surface area contributed by atoms with E-state index in [2.05, 4.69) is 65.6 Å². The standard InChI is InChI=1S/C17H30N4.HI/c1-5-11-21(6-2)12-10-19-17(18-4)20-14-16-9-7-8-15(3)13-16;/h7-9,13H,5-6,10-12,14H2,1-4H3,(H2,18,19,20);1H. The molecule has 0 unspecified atom stereocenters. The third-order valence-corrected chi connectivity index (χ3v) is 3.47. The number of rotatable bonds is 8. The first-order valence-electron chi connectivity index (χ1n) is 7.92. The van der Waals surface area contributed by atoms with Crippen molar-refractivity contribution in [1.82, 2.24) is 15.5 Å². The Morgan fingerprint density at radius 2 is 1.95 bits per heavy atom. The van der Waals surface area contributed by atoms with Crippen molar-refractivity contribution in [2.75, 3.05) is 33.2 Å². The number of hydrogen-bond donors (Lipinski definition) is 2. The summed E-state index contributed by atoms with van der Waals surface area (Å²) in [5.74, 6) is 0.865. The molecule has 0 aliphatic carbocycles. The molecular weight excluding hydrogens is 387 g/mol. The van der Waals surface area contributed by atoms with Gasteiger partial charge in [0.1, 0.15) is 0 Å². The summed E-state index contributed by atoms with van der Waals surface area (Å²) in [4.78, 5) is 6.72. The smallest absolute Gasteiger partial charge is 0.191 e. The van der Waals surface area contributed by atoms with Gasteiger partial charge in [-0.15, -0.1) is 24.0 Å². The molecular formula is C17H31IN4. The van der Waals surface area contributed by atoms with Crippen LogP contribution in [0.25, 0.3) is 0 Å². The molecule has 1 aromatic carbocycles. The maximum Gasteiger partial charge on any atom is 0.191 e. The number of nitrogens with one attached hydrogen (secondary N) is 2. The summed E-state index contributed by atoms with van der Waals surface area (Å²) in [5, 5.41) is 6.73. The van der Waals surface area contributed by atoms with Crippen molar-refractivity contribution in [3.05, 3.63) is 35.4 Å².